The van der Waals surface area contributed by atoms with Crippen LogP contribution in [0.2, 0.25) is 10.0 Å². The number of carboxylic acids is 1. The van der Waals surface area contributed by atoms with Crippen molar-refractivity contribution in [1.82, 2.24) is 15.3 Å². The normalized spacial score (nSPS) is 11.6. The summed E-state index contributed by atoms with van der Waals surface area (Å²) in [6, 6.07) is 19.9. The predicted octanol–water partition coefficient (Wildman–Crippen LogP) is 6.33. The maximum absolute atomic E-state index is 12.6. The fourth-order valence-corrected chi connectivity index (χ4v) is 4.56. The van der Waals surface area contributed by atoms with Crippen molar-refractivity contribution in [3.63, 3.8) is 0 Å². The molecule has 0 fully saturated rings. The van der Waals surface area contributed by atoms with E-state index in [-0.39, 0.29) is 28.0 Å². The summed E-state index contributed by atoms with van der Waals surface area (Å²) >= 11 is 12.2. The molecule has 1 heterocycles. The molecule has 1 unspecified atom stereocenters. The number of carbonyl (C=O) groups excluding carboxylic acids is 2. The van der Waals surface area contributed by atoms with Crippen molar-refractivity contribution in [2.75, 3.05) is 4.90 Å². The van der Waals surface area contributed by atoms with Crippen LogP contribution in [0, 0.1) is 0 Å². The third-order valence-corrected chi connectivity index (χ3v) is 6.63. The van der Waals surface area contributed by atoms with Crippen LogP contribution in [-0.4, -0.2) is 39.0 Å². The number of carbonyl (C=O) groups is 3. The van der Waals surface area contributed by atoms with E-state index in [1.807, 2.05) is 41.3 Å². The summed E-state index contributed by atoms with van der Waals surface area (Å²) in [7, 11) is 0. The first kappa shape index (κ1) is 30.2. The smallest absolute Gasteiger partial charge is 0.326 e. The Hall–Kier alpha value is -4.73. The Kier molecular flexibility index (Phi) is 10.3. The van der Waals surface area contributed by atoms with Crippen LogP contribution >= 0.6 is 23.2 Å². The average Bonchev–Trinajstić information content (AvgIpc) is 2.97. The fourth-order valence-electron chi connectivity index (χ4n) is 3.99. The van der Waals surface area contributed by atoms with E-state index in [1.54, 1.807) is 48.8 Å². The van der Waals surface area contributed by atoms with Crippen molar-refractivity contribution >= 4 is 58.8 Å². The molecule has 9 nitrogen and oxygen atoms in total. The molecule has 3 aromatic carbocycles. The van der Waals surface area contributed by atoms with Crippen molar-refractivity contribution in [1.29, 1.82) is 0 Å². The van der Waals surface area contributed by atoms with Gasteiger partial charge in [0, 0.05) is 25.0 Å². The Bertz CT molecular complexity index is 1560. The van der Waals surface area contributed by atoms with Crippen molar-refractivity contribution in [2.24, 2.45) is 0 Å². The Morgan fingerprint density at radius 3 is 2.19 bits per heavy atom. The van der Waals surface area contributed by atoms with Gasteiger partial charge in [-0.3, -0.25) is 9.59 Å². The molecule has 4 aromatic rings. The molecule has 0 saturated heterocycles. The summed E-state index contributed by atoms with van der Waals surface area (Å²) < 4.78 is 5.12. The summed E-state index contributed by atoms with van der Waals surface area (Å²) in [6.45, 7) is 1.80. The number of carboxylic acid groups (broad SMARTS) is 1. The number of aromatic nitrogens is 2. The van der Waals surface area contributed by atoms with E-state index in [1.165, 1.54) is 19.1 Å². The minimum absolute atomic E-state index is 0.0268. The number of aliphatic carboxylic acids is 1. The Morgan fingerprint density at radius 2 is 1.60 bits per heavy atom. The summed E-state index contributed by atoms with van der Waals surface area (Å²) in [6.07, 6.45) is 6.80. The van der Waals surface area contributed by atoms with Crippen LogP contribution in [0.25, 0.3) is 6.08 Å². The Balaban J connectivity index is 1.45. The Morgan fingerprint density at radius 1 is 0.952 bits per heavy atom. The van der Waals surface area contributed by atoms with Crippen LogP contribution in [-0.2, 0) is 16.1 Å². The van der Waals surface area contributed by atoms with E-state index in [2.05, 4.69) is 15.3 Å². The van der Waals surface area contributed by atoms with Crippen LogP contribution in [0.3, 0.4) is 0 Å². The van der Waals surface area contributed by atoms with E-state index in [9.17, 15) is 19.5 Å². The number of amides is 1. The molecule has 0 aliphatic heterocycles. The van der Waals surface area contributed by atoms with Gasteiger partial charge in [-0.2, -0.15) is 0 Å². The highest BCUT2D eigenvalue weighted by Crippen LogP contribution is 2.27. The van der Waals surface area contributed by atoms with Crippen LogP contribution in [0.1, 0.15) is 34.8 Å². The summed E-state index contributed by atoms with van der Waals surface area (Å²) in [5, 5.41) is 12.4. The highest BCUT2D eigenvalue weighted by molar-refractivity contribution is 6.39. The van der Waals surface area contributed by atoms with Crippen LogP contribution in [0.15, 0.2) is 91.3 Å². The number of benzene rings is 3. The first-order valence-electron chi connectivity index (χ1n) is 12.8. The van der Waals surface area contributed by atoms with Gasteiger partial charge in [0.2, 0.25) is 5.95 Å². The summed E-state index contributed by atoms with van der Waals surface area (Å²) in [4.78, 5) is 46.4. The second-order valence-corrected chi connectivity index (χ2v) is 9.88. The lowest BCUT2D eigenvalue weighted by Gasteiger charge is -2.23. The van der Waals surface area contributed by atoms with Crippen LogP contribution in [0.4, 0.5) is 11.6 Å². The number of esters is 1. The van der Waals surface area contributed by atoms with Crippen molar-refractivity contribution < 1.29 is 24.2 Å². The van der Waals surface area contributed by atoms with Gasteiger partial charge in [0.25, 0.3) is 5.91 Å². The van der Waals surface area contributed by atoms with Gasteiger partial charge in [-0.25, -0.2) is 14.8 Å². The lowest BCUT2D eigenvalue weighted by atomic mass is 10.1. The van der Waals surface area contributed by atoms with E-state index >= 15 is 0 Å². The second kappa shape index (κ2) is 14.2. The number of anilines is 2. The zero-order chi connectivity index (χ0) is 30.1. The molecule has 1 atom stereocenters. The lowest BCUT2D eigenvalue weighted by molar-refractivity contribution is -0.139. The second-order valence-electron chi connectivity index (χ2n) is 9.06. The van der Waals surface area contributed by atoms with Gasteiger partial charge in [0.15, 0.2) is 0 Å². The maximum atomic E-state index is 12.6. The highest BCUT2D eigenvalue weighted by Gasteiger charge is 2.22. The largest absolute Gasteiger partial charge is 0.480 e. The molecular weight excluding hydrogens is 579 g/mol. The van der Waals surface area contributed by atoms with Gasteiger partial charge < -0.3 is 20.1 Å². The topological polar surface area (TPSA) is 122 Å². The summed E-state index contributed by atoms with van der Waals surface area (Å²) in [5.74, 6) is -1.28. The molecule has 1 amide bonds. The Labute approximate surface area is 252 Å². The molecule has 11 heteroatoms. The standard InChI is InChI=1S/C31H26Cl2N4O5/c1-20(38)42-24-15-11-22(12-16-24)19-37(31-34-17-4-18-35-31)23-13-9-21(10-14-23)5-2-8-27(30(40)41)36-29(39)28-25(32)6-3-7-26(28)33/h2-7,9-18,27H,8,19H2,1H3,(H,36,39)(H,40,41)/b5-2+. The van der Waals surface area contributed by atoms with Gasteiger partial charge in [-0.05, 0) is 60.0 Å². The van der Waals surface area contributed by atoms with E-state index in [0.29, 0.717) is 18.2 Å². The van der Waals surface area contributed by atoms with Crippen molar-refractivity contribution in [3.8, 4) is 5.75 Å². The molecule has 1 aromatic heterocycles. The molecule has 0 aliphatic rings. The first-order chi connectivity index (χ1) is 20.2. The number of nitrogens with one attached hydrogen (secondary N) is 1. The van der Waals surface area contributed by atoms with E-state index < -0.39 is 17.9 Å². The number of rotatable bonds is 11. The zero-order valence-corrected chi connectivity index (χ0v) is 23.9. The van der Waals surface area contributed by atoms with Gasteiger partial charge in [-0.1, -0.05) is 65.7 Å². The summed E-state index contributed by atoms with van der Waals surface area (Å²) in [5.41, 5.74) is 2.62. The number of hydrogen-bond donors (Lipinski definition) is 2. The monoisotopic (exact) mass is 604 g/mol. The minimum atomic E-state index is -1.19. The van der Waals surface area contributed by atoms with Gasteiger partial charge in [0.1, 0.15) is 11.8 Å². The molecular formula is C31H26Cl2N4O5. The van der Waals surface area contributed by atoms with Crippen molar-refractivity contribution in [3.05, 3.63) is 118 Å². The van der Waals surface area contributed by atoms with Crippen molar-refractivity contribution in [2.45, 2.75) is 25.9 Å². The quantitative estimate of drug-likeness (QED) is 0.150. The molecule has 42 heavy (non-hydrogen) atoms. The molecule has 0 radical (unpaired) electrons. The van der Waals surface area contributed by atoms with E-state index in [4.69, 9.17) is 27.9 Å². The number of ether oxygens (including phenoxy) is 1. The molecule has 0 bridgehead atoms. The average molecular weight is 605 g/mol. The lowest BCUT2D eigenvalue weighted by Crippen LogP contribution is -2.40. The predicted molar refractivity (Wildman–Crippen MR) is 161 cm³/mol. The van der Waals surface area contributed by atoms with Gasteiger partial charge in [0.05, 0.1) is 22.2 Å². The molecule has 0 aliphatic carbocycles. The van der Waals surface area contributed by atoms with Gasteiger partial charge in [-0.15, -0.1) is 0 Å². The minimum Gasteiger partial charge on any atom is -0.480 e. The van der Waals surface area contributed by atoms with Crippen LogP contribution in [0.5, 0.6) is 5.75 Å². The molecule has 2 N–H and O–H groups in total. The molecule has 0 saturated carbocycles. The zero-order valence-electron chi connectivity index (χ0n) is 22.4. The number of halogens is 2. The number of hydrogen-bond acceptors (Lipinski definition) is 7. The third kappa shape index (κ3) is 8.15. The molecule has 4 rings (SSSR count). The number of nitrogens with zero attached hydrogens (tertiary/aromatic N) is 3. The highest BCUT2D eigenvalue weighted by atomic mass is 35.5. The van der Waals surface area contributed by atoms with Crippen LogP contribution < -0.4 is 15.0 Å². The van der Waals surface area contributed by atoms with E-state index in [0.717, 1.165) is 16.8 Å². The third-order valence-electron chi connectivity index (χ3n) is 6.00. The first-order valence-corrected chi connectivity index (χ1v) is 13.5. The maximum Gasteiger partial charge on any atom is 0.326 e. The molecule has 0 spiro atoms. The SMILES string of the molecule is CC(=O)Oc1ccc(CN(c2ccc(/C=C/CC(NC(=O)c3c(Cl)cccc3Cl)C(=O)O)cc2)c2ncccn2)cc1. The molecule has 214 valence electrons. The fraction of sp³-hybridized carbons (Fsp3) is 0.129. The van der Waals surface area contributed by atoms with Gasteiger partial charge >= 0.3 is 11.9 Å².